The molecule has 0 atom stereocenters. The number of hydrogen-bond acceptors (Lipinski definition) is 5. The fourth-order valence-corrected chi connectivity index (χ4v) is 4.57. The molecular weight excluding hydrogens is 436 g/mol. The Balaban J connectivity index is 1.49. The zero-order chi connectivity index (χ0) is 20.9. The van der Waals surface area contributed by atoms with E-state index in [1.165, 1.54) is 16.2 Å². The molecule has 1 N–H and O–H groups in total. The smallest absolute Gasteiger partial charge is 0.283 e. The van der Waals surface area contributed by atoms with Crippen LogP contribution in [0.1, 0.15) is 15.2 Å². The van der Waals surface area contributed by atoms with Gasteiger partial charge in [0.05, 0.1) is 11.2 Å². The summed E-state index contributed by atoms with van der Waals surface area (Å²) in [6.07, 6.45) is 3.63. The second-order valence-corrected chi connectivity index (χ2v) is 8.60. The number of hydrazone groups is 1. The molecule has 0 saturated heterocycles. The van der Waals surface area contributed by atoms with Crippen molar-refractivity contribution in [1.29, 1.82) is 0 Å². The van der Waals surface area contributed by atoms with Gasteiger partial charge in [-0.05, 0) is 54.3 Å². The van der Waals surface area contributed by atoms with Gasteiger partial charge in [0.1, 0.15) is 16.4 Å². The van der Waals surface area contributed by atoms with Gasteiger partial charge >= 0.3 is 0 Å². The summed E-state index contributed by atoms with van der Waals surface area (Å²) >= 11 is 9.49. The van der Waals surface area contributed by atoms with Crippen LogP contribution >= 0.6 is 34.7 Å². The number of benzene rings is 3. The molecule has 4 aromatic rings. The molecule has 0 fully saturated rings. The van der Waals surface area contributed by atoms with Crippen LogP contribution in [0.5, 0.6) is 11.5 Å². The number of rotatable bonds is 6. The quantitative estimate of drug-likeness (QED) is 0.198. The topological polar surface area (TPSA) is 50.7 Å². The molecule has 4 rings (SSSR count). The van der Waals surface area contributed by atoms with E-state index in [1.54, 1.807) is 18.0 Å². The van der Waals surface area contributed by atoms with E-state index in [1.807, 2.05) is 79.1 Å². The van der Waals surface area contributed by atoms with Crippen LogP contribution in [0.2, 0.25) is 5.02 Å². The molecular formula is C23H17ClN2O2S2. The van der Waals surface area contributed by atoms with Crippen molar-refractivity contribution < 1.29 is 9.53 Å². The molecule has 1 aromatic heterocycles. The predicted octanol–water partition coefficient (Wildman–Crippen LogP) is 6.83. The molecule has 0 radical (unpaired) electrons. The Morgan fingerprint density at radius 1 is 1.07 bits per heavy atom. The Kier molecular flexibility index (Phi) is 6.38. The first-order valence-corrected chi connectivity index (χ1v) is 11.5. The van der Waals surface area contributed by atoms with Crippen molar-refractivity contribution in [1.82, 2.24) is 5.43 Å². The predicted molar refractivity (Wildman–Crippen MR) is 127 cm³/mol. The summed E-state index contributed by atoms with van der Waals surface area (Å²) in [4.78, 5) is 14.2. The number of nitrogens with zero attached hydrogens (tertiary/aromatic N) is 1. The zero-order valence-corrected chi connectivity index (χ0v) is 18.4. The van der Waals surface area contributed by atoms with Crippen molar-refractivity contribution in [3.63, 3.8) is 0 Å². The number of carbonyl (C=O) groups is 1. The number of para-hydroxylation sites is 1. The normalized spacial score (nSPS) is 11.1. The molecule has 1 heterocycles. The Bertz CT molecular complexity index is 1210. The van der Waals surface area contributed by atoms with Crippen molar-refractivity contribution in [2.75, 3.05) is 6.26 Å². The maximum atomic E-state index is 12.6. The molecule has 150 valence electrons. The van der Waals surface area contributed by atoms with Crippen LogP contribution in [0, 0.1) is 0 Å². The Labute approximate surface area is 187 Å². The lowest BCUT2D eigenvalue weighted by Crippen LogP contribution is -2.16. The number of thioether (sulfide) groups is 1. The van der Waals surface area contributed by atoms with E-state index in [0.717, 1.165) is 21.4 Å². The van der Waals surface area contributed by atoms with E-state index in [9.17, 15) is 4.79 Å². The molecule has 0 aliphatic heterocycles. The highest BCUT2D eigenvalue weighted by molar-refractivity contribution is 7.98. The molecule has 0 aliphatic rings. The summed E-state index contributed by atoms with van der Waals surface area (Å²) in [5.41, 5.74) is 3.45. The van der Waals surface area contributed by atoms with E-state index in [0.29, 0.717) is 15.6 Å². The van der Waals surface area contributed by atoms with Crippen LogP contribution in [0.4, 0.5) is 0 Å². The van der Waals surface area contributed by atoms with E-state index >= 15 is 0 Å². The van der Waals surface area contributed by atoms with E-state index in [-0.39, 0.29) is 5.91 Å². The third kappa shape index (κ3) is 4.67. The van der Waals surface area contributed by atoms with Gasteiger partial charge in [-0.25, -0.2) is 5.43 Å². The summed E-state index contributed by atoms with van der Waals surface area (Å²) in [6.45, 7) is 0. The summed E-state index contributed by atoms with van der Waals surface area (Å²) in [6, 6.07) is 23.0. The molecule has 0 aliphatic carbocycles. The molecule has 3 aromatic carbocycles. The number of amides is 1. The van der Waals surface area contributed by atoms with Crippen molar-refractivity contribution in [2.45, 2.75) is 4.90 Å². The van der Waals surface area contributed by atoms with Crippen molar-refractivity contribution in [3.8, 4) is 11.5 Å². The van der Waals surface area contributed by atoms with E-state index in [2.05, 4.69) is 10.5 Å². The second kappa shape index (κ2) is 9.34. The summed E-state index contributed by atoms with van der Waals surface area (Å²) in [5.74, 6) is 1.05. The van der Waals surface area contributed by atoms with Gasteiger partial charge in [0.25, 0.3) is 5.91 Å². The van der Waals surface area contributed by atoms with Crippen LogP contribution in [0.25, 0.3) is 10.1 Å². The first kappa shape index (κ1) is 20.5. The fraction of sp³-hybridized carbons (Fsp3) is 0.0435. The number of fused-ring (bicyclic) bond motifs is 1. The maximum Gasteiger partial charge on any atom is 0.283 e. The van der Waals surface area contributed by atoms with Gasteiger partial charge in [-0.2, -0.15) is 5.10 Å². The third-order valence-electron chi connectivity index (χ3n) is 4.28. The highest BCUT2D eigenvalue weighted by Crippen LogP contribution is 2.38. The van der Waals surface area contributed by atoms with Gasteiger partial charge in [0.2, 0.25) is 0 Å². The number of halogens is 1. The lowest BCUT2D eigenvalue weighted by atomic mass is 10.2. The van der Waals surface area contributed by atoms with E-state index < -0.39 is 0 Å². The largest absolute Gasteiger partial charge is 0.457 e. The monoisotopic (exact) mass is 452 g/mol. The maximum absolute atomic E-state index is 12.6. The summed E-state index contributed by atoms with van der Waals surface area (Å²) in [7, 11) is 0. The van der Waals surface area contributed by atoms with Gasteiger partial charge in [-0.15, -0.1) is 23.1 Å². The molecule has 0 saturated carbocycles. The lowest BCUT2D eigenvalue weighted by Gasteiger charge is -2.05. The minimum atomic E-state index is -0.344. The van der Waals surface area contributed by atoms with Crippen LogP contribution < -0.4 is 10.2 Å². The molecule has 0 bridgehead atoms. The second-order valence-electron chi connectivity index (χ2n) is 6.29. The number of hydrogen-bond donors (Lipinski definition) is 1. The minimum Gasteiger partial charge on any atom is -0.457 e. The number of carbonyl (C=O) groups excluding carboxylic acids is 1. The van der Waals surface area contributed by atoms with Crippen LogP contribution in [0.15, 0.2) is 82.8 Å². The van der Waals surface area contributed by atoms with Gasteiger partial charge < -0.3 is 4.74 Å². The highest BCUT2D eigenvalue weighted by Gasteiger charge is 2.17. The Hall–Kier alpha value is -2.80. The average molecular weight is 453 g/mol. The van der Waals surface area contributed by atoms with Crippen LogP contribution in [0.3, 0.4) is 0 Å². The Morgan fingerprint density at radius 3 is 2.57 bits per heavy atom. The van der Waals surface area contributed by atoms with Gasteiger partial charge in [-0.3, -0.25) is 4.79 Å². The van der Waals surface area contributed by atoms with Crippen LogP contribution in [-0.4, -0.2) is 18.4 Å². The van der Waals surface area contributed by atoms with Gasteiger partial charge in [-0.1, -0.05) is 41.9 Å². The lowest BCUT2D eigenvalue weighted by molar-refractivity contribution is 0.0959. The zero-order valence-electron chi connectivity index (χ0n) is 16.0. The van der Waals surface area contributed by atoms with Crippen LogP contribution in [-0.2, 0) is 0 Å². The van der Waals surface area contributed by atoms with E-state index in [4.69, 9.17) is 16.3 Å². The summed E-state index contributed by atoms with van der Waals surface area (Å²) < 4.78 is 6.77. The number of thiophene rings is 1. The third-order valence-corrected chi connectivity index (χ3v) is 6.70. The molecule has 0 spiro atoms. The number of nitrogens with one attached hydrogen (secondary N) is 1. The standard InChI is InChI=1S/C23H17ClN2O2S2/c1-29-18-10-7-15(8-11-18)14-25-26-23(27)22-21(24)19-13-17(9-12-20(19)30-22)28-16-5-3-2-4-6-16/h2-14H,1H3,(H,26,27)/b25-14+. The molecule has 30 heavy (non-hydrogen) atoms. The molecule has 4 nitrogen and oxygen atoms in total. The van der Waals surface area contributed by atoms with Crippen molar-refractivity contribution in [3.05, 3.63) is 88.3 Å². The first-order valence-electron chi connectivity index (χ1n) is 9.06. The average Bonchev–Trinajstić information content (AvgIpc) is 3.11. The molecule has 0 unspecified atom stereocenters. The Morgan fingerprint density at radius 2 is 1.83 bits per heavy atom. The van der Waals surface area contributed by atoms with Crippen molar-refractivity contribution >= 4 is 56.9 Å². The number of ether oxygens (including phenoxy) is 1. The highest BCUT2D eigenvalue weighted by atomic mass is 35.5. The summed E-state index contributed by atoms with van der Waals surface area (Å²) in [5, 5.41) is 5.22. The van der Waals surface area contributed by atoms with Gasteiger partial charge in [0, 0.05) is 15.0 Å². The van der Waals surface area contributed by atoms with Crippen molar-refractivity contribution in [2.24, 2.45) is 5.10 Å². The first-order chi connectivity index (χ1) is 14.6. The SMILES string of the molecule is CSc1ccc(/C=N/NC(=O)c2sc3ccc(Oc4ccccc4)cc3c2Cl)cc1. The fourth-order valence-electron chi connectivity index (χ4n) is 2.79. The minimum absolute atomic E-state index is 0.344. The molecule has 7 heteroatoms. The van der Waals surface area contributed by atoms with Gasteiger partial charge in [0.15, 0.2) is 0 Å². The molecule has 1 amide bonds.